The van der Waals surface area contributed by atoms with E-state index in [4.69, 9.17) is 39.9 Å². The molecule has 0 aliphatic carbocycles. The Balaban J connectivity index is 0.000000142. The molecule has 510 valence electrons. The summed E-state index contributed by atoms with van der Waals surface area (Å²) in [7, 11) is 0. The quantitative estimate of drug-likeness (QED) is 0.129. The summed E-state index contributed by atoms with van der Waals surface area (Å²) < 4.78 is 0. The standard InChI is InChI=1S/C55H33N5.C45H27N5/c1-2-7-42-31-44(19-11-34(42)5-1)49-28-25-41-17-16-40-24-27-47(59-54(40)55(41)60-49)37-12-9-35(10-13-37)43-18-14-38-21-26-48(57-52(38)32-43)45-20-15-39-23-30-51(58-53(39)33-45)50-29-22-36-6-3-4-8-46(36)56-50;1-2-8-38-30(5-1)18-21-40(48-38)41-22-19-32-14-16-34(27-43(32)50-41)39-20-17-31-13-15-33(26-42(31)49-39)28-9-11-29(12-10-28)37-25-35-6-3-23-46-44(35)45-36(37)7-4-24-47-45/h1-33H;1-27H. The summed E-state index contributed by atoms with van der Waals surface area (Å²) in [6, 6.07) is 123. The van der Waals surface area contributed by atoms with Gasteiger partial charge in [0, 0.05) is 88.5 Å². The maximum Gasteiger partial charge on any atom is 0.0972 e. The molecule has 0 atom stereocenters. The van der Waals surface area contributed by atoms with Crippen LogP contribution in [0.3, 0.4) is 0 Å². The Morgan fingerprint density at radius 2 is 0.455 bits per heavy atom. The van der Waals surface area contributed by atoms with E-state index in [1.54, 1.807) is 0 Å². The van der Waals surface area contributed by atoms with Crippen molar-refractivity contribution in [1.29, 1.82) is 0 Å². The number of hydrogen-bond acceptors (Lipinski definition) is 10. The zero-order valence-corrected chi connectivity index (χ0v) is 59.1. The molecule has 0 amide bonds. The van der Waals surface area contributed by atoms with E-state index in [1.807, 2.05) is 85.2 Å². The summed E-state index contributed by atoms with van der Waals surface area (Å²) in [5.41, 5.74) is 27.3. The first kappa shape index (κ1) is 63.5. The second kappa shape index (κ2) is 26.5. The molecule has 0 saturated carbocycles. The van der Waals surface area contributed by atoms with Crippen molar-refractivity contribution in [2.24, 2.45) is 0 Å². The number of hydrogen-bond donors (Lipinski definition) is 0. The Hall–Kier alpha value is -15.0. The molecular formula is C100H60N10. The average molecular weight is 1400 g/mol. The van der Waals surface area contributed by atoms with Crippen molar-refractivity contribution in [3.63, 3.8) is 0 Å². The smallest absolute Gasteiger partial charge is 0.0972 e. The van der Waals surface area contributed by atoms with Crippen molar-refractivity contribution >= 4 is 120 Å². The average Bonchev–Trinajstić information content (AvgIpc) is 0.770. The monoisotopic (exact) mass is 1400 g/mol. The fourth-order valence-electron chi connectivity index (χ4n) is 15.3. The first-order valence-corrected chi connectivity index (χ1v) is 36.8. The van der Waals surface area contributed by atoms with Crippen LogP contribution in [0, 0.1) is 0 Å². The van der Waals surface area contributed by atoms with Crippen LogP contribution < -0.4 is 0 Å². The van der Waals surface area contributed by atoms with E-state index in [1.165, 1.54) is 10.8 Å². The van der Waals surface area contributed by atoms with Crippen LogP contribution in [-0.4, -0.2) is 49.8 Å². The highest BCUT2D eigenvalue weighted by Crippen LogP contribution is 2.38. The number of benzene rings is 12. The third kappa shape index (κ3) is 11.8. The van der Waals surface area contributed by atoms with E-state index >= 15 is 0 Å². The summed E-state index contributed by atoms with van der Waals surface area (Å²) in [6.45, 7) is 0. The second-order valence-electron chi connectivity index (χ2n) is 27.9. The third-order valence-electron chi connectivity index (χ3n) is 21.2. The van der Waals surface area contributed by atoms with E-state index in [0.717, 1.165) is 210 Å². The van der Waals surface area contributed by atoms with Gasteiger partial charge in [0.15, 0.2) is 0 Å². The van der Waals surface area contributed by atoms with Crippen molar-refractivity contribution in [3.05, 3.63) is 364 Å². The molecule has 0 bridgehead atoms. The van der Waals surface area contributed by atoms with Gasteiger partial charge in [0.25, 0.3) is 0 Å². The fraction of sp³-hybridized carbons (Fsp3) is 0. The van der Waals surface area contributed by atoms with Crippen molar-refractivity contribution < 1.29 is 0 Å². The zero-order chi connectivity index (χ0) is 72.6. The van der Waals surface area contributed by atoms with Gasteiger partial charge in [-0.2, -0.15) is 0 Å². The highest BCUT2D eigenvalue weighted by atomic mass is 14.8. The van der Waals surface area contributed by atoms with Gasteiger partial charge >= 0.3 is 0 Å². The second-order valence-corrected chi connectivity index (χ2v) is 27.9. The molecule has 22 rings (SSSR count). The van der Waals surface area contributed by atoms with Crippen LogP contribution in [0.4, 0.5) is 0 Å². The molecule has 10 heterocycles. The Morgan fingerprint density at radius 1 is 0.145 bits per heavy atom. The number of para-hydroxylation sites is 2. The fourth-order valence-corrected chi connectivity index (χ4v) is 15.3. The summed E-state index contributed by atoms with van der Waals surface area (Å²) in [5.74, 6) is 0. The molecule has 10 nitrogen and oxygen atoms in total. The van der Waals surface area contributed by atoms with Crippen molar-refractivity contribution in [2.45, 2.75) is 0 Å². The lowest BCUT2D eigenvalue weighted by Gasteiger charge is -2.11. The van der Waals surface area contributed by atoms with E-state index in [-0.39, 0.29) is 0 Å². The summed E-state index contributed by atoms with van der Waals surface area (Å²) in [5, 5.41) is 13.3. The molecule has 0 saturated heterocycles. The van der Waals surface area contributed by atoms with Gasteiger partial charge in [-0.05, 0) is 153 Å². The molecule has 0 unspecified atom stereocenters. The van der Waals surface area contributed by atoms with Gasteiger partial charge in [0.2, 0.25) is 0 Å². The van der Waals surface area contributed by atoms with Crippen LogP contribution in [0.25, 0.3) is 221 Å². The lowest BCUT2D eigenvalue weighted by molar-refractivity contribution is 1.32. The normalized spacial score (nSPS) is 11.6. The number of fused-ring (bicyclic) bond motifs is 13. The van der Waals surface area contributed by atoms with Crippen molar-refractivity contribution in [3.8, 4) is 101 Å². The number of rotatable bonds is 9. The molecule has 10 heteroatoms. The van der Waals surface area contributed by atoms with Gasteiger partial charge in [0.05, 0.1) is 101 Å². The van der Waals surface area contributed by atoms with E-state index in [9.17, 15) is 0 Å². The molecule has 0 aliphatic rings. The predicted molar refractivity (Wildman–Crippen MR) is 452 cm³/mol. The summed E-state index contributed by atoms with van der Waals surface area (Å²) in [4.78, 5) is 49.8. The van der Waals surface area contributed by atoms with Crippen LogP contribution in [0.1, 0.15) is 0 Å². The zero-order valence-electron chi connectivity index (χ0n) is 59.1. The van der Waals surface area contributed by atoms with Crippen LogP contribution in [-0.2, 0) is 0 Å². The summed E-state index contributed by atoms with van der Waals surface area (Å²) >= 11 is 0. The van der Waals surface area contributed by atoms with Crippen LogP contribution >= 0.6 is 0 Å². The van der Waals surface area contributed by atoms with Crippen LogP contribution in [0.15, 0.2) is 364 Å². The summed E-state index contributed by atoms with van der Waals surface area (Å²) in [6.07, 6.45) is 3.66. The Labute approximate surface area is 631 Å². The maximum atomic E-state index is 5.21. The molecule has 0 N–H and O–H groups in total. The van der Waals surface area contributed by atoms with Gasteiger partial charge in [-0.3, -0.25) is 9.97 Å². The van der Waals surface area contributed by atoms with Gasteiger partial charge in [-0.25, -0.2) is 39.9 Å². The number of aromatic nitrogens is 10. The molecule has 0 fully saturated rings. The predicted octanol–water partition coefficient (Wildman–Crippen LogP) is 25.0. The Bertz CT molecular complexity index is 7490. The van der Waals surface area contributed by atoms with E-state index < -0.39 is 0 Å². The minimum atomic E-state index is 0.848. The molecule has 0 spiro atoms. The SMILES string of the molecule is c1ccc2cc(-c3ccc4ccc5ccc(-c6ccc(-c7ccc8ccc(-c9ccc%10ccc(-c%11ccc%12ccccc%12n%11)nc%10c9)nc8c7)cc6)nc5c4n3)ccc2c1.c1ccc2nc(-c3ccc4ccc(-c5ccc6ccc(-c7ccc(-c8cc9cccnc9c9ncccc89)cc7)cc6n5)cc4n3)ccc2c1. The van der Waals surface area contributed by atoms with Crippen LogP contribution in [0.2, 0.25) is 0 Å². The first-order valence-electron chi connectivity index (χ1n) is 36.8. The van der Waals surface area contributed by atoms with Crippen LogP contribution in [0.5, 0.6) is 0 Å². The molecule has 22 aromatic rings. The van der Waals surface area contributed by atoms with E-state index in [2.05, 4.69) is 289 Å². The first-order chi connectivity index (χ1) is 54.4. The number of pyridine rings is 10. The highest BCUT2D eigenvalue weighted by molar-refractivity contribution is 6.10. The largest absolute Gasteiger partial charge is 0.254 e. The van der Waals surface area contributed by atoms with Gasteiger partial charge < -0.3 is 0 Å². The van der Waals surface area contributed by atoms with Crippen molar-refractivity contribution in [1.82, 2.24) is 49.8 Å². The van der Waals surface area contributed by atoms with Crippen molar-refractivity contribution in [2.75, 3.05) is 0 Å². The molecule has 12 aromatic carbocycles. The Morgan fingerprint density at radius 3 is 0.964 bits per heavy atom. The molecule has 0 aliphatic heterocycles. The molecule has 10 aromatic heterocycles. The molecule has 0 radical (unpaired) electrons. The van der Waals surface area contributed by atoms with Gasteiger partial charge in [0.1, 0.15) is 0 Å². The lowest BCUT2D eigenvalue weighted by atomic mass is 9.95. The minimum absolute atomic E-state index is 0.848. The molecule has 110 heavy (non-hydrogen) atoms. The lowest BCUT2D eigenvalue weighted by Crippen LogP contribution is -1.91. The topological polar surface area (TPSA) is 129 Å². The third-order valence-corrected chi connectivity index (χ3v) is 21.2. The molecular weight excluding hydrogens is 1340 g/mol. The Kier molecular flexibility index (Phi) is 15.3. The van der Waals surface area contributed by atoms with Gasteiger partial charge in [-0.15, -0.1) is 0 Å². The maximum absolute atomic E-state index is 5.21. The highest BCUT2D eigenvalue weighted by Gasteiger charge is 2.17. The minimum Gasteiger partial charge on any atom is -0.254 e. The van der Waals surface area contributed by atoms with Gasteiger partial charge in [-0.1, -0.05) is 243 Å². The number of nitrogens with zero attached hydrogens (tertiary/aromatic N) is 10. The van der Waals surface area contributed by atoms with E-state index in [0.29, 0.717) is 0 Å².